The average Bonchev–Trinajstić information content (AvgIpc) is 2.27. The molecular weight excluding hydrogens is 270 g/mol. The molecule has 0 saturated carbocycles. The van der Waals surface area contributed by atoms with Crippen molar-refractivity contribution in [2.24, 2.45) is 0 Å². The predicted molar refractivity (Wildman–Crippen MR) is 56.0 cm³/mol. The maximum Gasteiger partial charge on any atom is 0.419 e. The minimum absolute atomic E-state index is 0.493. The summed E-state index contributed by atoms with van der Waals surface area (Å²) in [6.07, 6.45) is -4.93. The molecule has 0 aliphatic carbocycles. The van der Waals surface area contributed by atoms with Crippen molar-refractivity contribution in [2.45, 2.75) is 19.1 Å². The Morgan fingerprint density at radius 1 is 1.32 bits per heavy atom. The lowest BCUT2D eigenvalue weighted by Gasteiger charge is -2.13. The van der Waals surface area contributed by atoms with E-state index in [9.17, 15) is 27.2 Å². The van der Waals surface area contributed by atoms with E-state index in [-0.39, 0.29) is 0 Å². The van der Waals surface area contributed by atoms with E-state index in [2.05, 4.69) is 0 Å². The van der Waals surface area contributed by atoms with Crippen LogP contribution in [0.4, 0.5) is 17.6 Å². The Labute approximate surface area is 105 Å². The molecule has 0 heterocycles. The summed E-state index contributed by atoms with van der Waals surface area (Å²) >= 11 is 0. The van der Waals surface area contributed by atoms with Gasteiger partial charge >= 0.3 is 12.1 Å². The van der Waals surface area contributed by atoms with Gasteiger partial charge in [0, 0.05) is 0 Å². The molecule has 1 aromatic rings. The maximum atomic E-state index is 13.5. The number of carboxylic acid groups (broad SMARTS) is 1. The summed E-state index contributed by atoms with van der Waals surface area (Å²) in [5, 5.41) is 10.4. The van der Waals surface area contributed by atoms with Crippen LogP contribution in [0.5, 0.6) is 0 Å². The first kappa shape index (κ1) is 14.9. The van der Waals surface area contributed by atoms with Gasteiger partial charge in [-0.1, -0.05) is 6.07 Å². The number of halogens is 4. The molecule has 0 radical (unpaired) electrons. The van der Waals surface area contributed by atoms with Gasteiger partial charge in [0.1, 0.15) is 11.9 Å². The van der Waals surface area contributed by atoms with E-state index in [1.165, 1.54) is 0 Å². The first-order valence-corrected chi connectivity index (χ1v) is 5.04. The first-order valence-electron chi connectivity index (χ1n) is 5.04. The summed E-state index contributed by atoms with van der Waals surface area (Å²) in [4.78, 5) is 22.0. The number of aliphatic carboxylic acids is 1. The Bertz CT molecular complexity index is 513. The van der Waals surface area contributed by atoms with Crippen molar-refractivity contribution in [1.29, 1.82) is 0 Å². The van der Waals surface area contributed by atoms with E-state index in [1.54, 1.807) is 0 Å². The van der Waals surface area contributed by atoms with Crippen molar-refractivity contribution in [3.8, 4) is 0 Å². The molecule has 1 atom stereocenters. The fourth-order valence-corrected chi connectivity index (χ4v) is 1.26. The molecule has 0 unspecified atom stereocenters. The van der Waals surface area contributed by atoms with Crippen molar-refractivity contribution < 1.29 is 32.3 Å². The number of hydrogen-bond acceptors (Lipinski definition) is 2. The van der Waals surface area contributed by atoms with Crippen LogP contribution < -0.4 is 5.32 Å². The zero-order valence-corrected chi connectivity index (χ0v) is 9.58. The molecule has 0 bridgehead atoms. The highest BCUT2D eigenvalue weighted by Gasteiger charge is 2.35. The topological polar surface area (TPSA) is 66.4 Å². The molecule has 19 heavy (non-hydrogen) atoms. The monoisotopic (exact) mass is 279 g/mol. The highest BCUT2D eigenvalue weighted by atomic mass is 19.4. The summed E-state index contributed by atoms with van der Waals surface area (Å²) in [6, 6.07) is 0.856. The van der Waals surface area contributed by atoms with E-state index >= 15 is 0 Å². The van der Waals surface area contributed by atoms with E-state index in [0.717, 1.165) is 19.1 Å². The number of carboxylic acids is 1. The van der Waals surface area contributed by atoms with Crippen molar-refractivity contribution in [2.75, 3.05) is 0 Å². The standard InChI is InChI=1S/C11H9F4NO3/c1-5(10(18)19)16-9(17)6-3-2-4-7(8(6)12)11(13,14)15/h2-5H,1H3,(H,16,17)(H,18,19)/t5-/m1/s1. The molecule has 8 heteroatoms. The first-order chi connectivity index (χ1) is 8.64. The zero-order valence-electron chi connectivity index (χ0n) is 9.58. The van der Waals surface area contributed by atoms with E-state index in [4.69, 9.17) is 5.11 Å². The van der Waals surface area contributed by atoms with Gasteiger partial charge in [0.05, 0.1) is 11.1 Å². The SMILES string of the molecule is C[C@@H](NC(=O)c1cccc(C(F)(F)F)c1F)C(=O)O. The Morgan fingerprint density at radius 3 is 2.37 bits per heavy atom. The fraction of sp³-hybridized carbons (Fsp3) is 0.273. The third-order valence-corrected chi connectivity index (χ3v) is 2.27. The van der Waals surface area contributed by atoms with Crippen molar-refractivity contribution in [3.05, 3.63) is 35.1 Å². The molecule has 1 amide bonds. The second-order valence-electron chi connectivity index (χ2n) is 3.70. The van der Waals surface area contributed by atoms with Crippen LogP contribution in [0.15, 0.2) is 18.2 Å². The highest BCUT2D eigenvalue weighted by Crippen LogP contribution is 2.32. The lowest BCUT2D eigenvalue weighted by Crippen LogP contribution is -2.38. The molecule has 1 aromatic carbocycles. The minimum Gasteiger partial charge on any atom is -0.480 e. The molecular formula is C11H9F4NO3. The average molecular weight is 279 g/mol. The number of benzene rings is 1. The van der Waals surface area contributed by atoms with Crippen LogP contribution in [0.1, 0.15) is 22.8 Å². The van der Waals surface area contributed by atoms with Crippen molar-refractivity contribution in [1.82, 2.24) is 5.32 Å². The maximum absolute atomic E-state index is 13.5. The van der Waals surface area contributed by atoms with Gasteiger partial charge in [-0.2, -0.15) is 13.2 Å². The molecule has 0 aliphatic heterocycles. The molecule has 0 spiro atoms. The second kappa shape index (κ2) is 5.25. The van der Waals surface area contributed by atoms with E-state index < -0.39 is 41.0 Å². The van der Waals surface area contributed by atoms with Crippen LogP contribution in [-0.4, -0.2) is 23.0 Å². The van der Waals surface area contributed by atoms with Gasteiger partial charge in [0.2, 0.25) is 0 Å². The third kappa shape index (κ3) is 3.43. The number of carbonyl (C=O) groups excluding carboxylic acids is 1. The molecule has 2 N–H and O–H groups in total. The normalized spacial score (nSPS) is 12.9. The van der Waals surface area contributed by atoms with Gasteiger partial charge in [-0.25, -0.2) is 4.39 Å². The quantitative estimate of drug-likeness (QED) is 0.832. The predicted octanol–water partition coefficient (Wildman–Crippen LogP) is 2.05. The third-order valence-electron chi connectivity index (χ3n) is 2.27. The summed E-state index contributed by atoms with van der Waals surface area (Å²) < 4.78 is 50.8. The minimum atomic E-state index is -4.93. The second-order valence-corrected chi connectivity index (χ2v) is 3.70. The Hall–Kier alpha value is -2.12. The van der Waals surface area contributed by atoms with Crippen LogP contribution in [-0.2, 0) is 11.0 Å². The Morgan fingerprint density at radius 2 is 1.89 bits per heavy atom. The molecule has 0 aromatic heterocycles. The summed E-state index contributed by atoms with van der Waals surface area (Å²) in [7, 11) is 0. The van der Waals surface area contributed by atoms with Gasteiger partial charge in [0.25, 0.3) is 5.91 Å². The van der Waals surface area contributed by atoms with Gasteiger partial charge in [-0.05, 0) is 19.1 Å². The number of nitrogens with one attached hydrogen (secondary N) is 1. The largest absolute Gasteiger partial charge is 0.480 e. The lowest BCUT2D eigenvalue weighted by molar-refractivity contribution is -0.140. The van der Waals surface area contributed by atoms with Crippen LogP contribution in [0.25, 0.3) is 0 Å². The van der Waals surface area contributed by atoms with Crippen molar-refractivity contribution in [3.63, 3.8) is 0 Å². The van der Waals surface area contributed by atoms with Crippen LogP contribution in [0, 0.1) is 5.82 Å². The van der Waals surface area contributed by atoms with Gasteiger partial charge in [-0.3, -0.25) is 9.59 Å². The lowest BCUT2D eigenvalue weighted by atomic mass is 10.1. The fourth-order valence-electron chi connectivity index (χ4n) is 1.26. The number of hydrogen-bond donors (Lipinski definition) is 2. The zero-order chi connectivity index (χ0) is 14.8. The number of rotatable bonds is 3. The smallest absolute Gasteiger partial charge is 0.419 e. The van der Waals surface area contributed by atoms with Crippen LogP contribution in [0.2, 0.25) is 0 Å². The van der Waals surface area contributed by atoms with Crippen LogP contribution >= 0.6 is 0 Å². The summed E-state index contributed by atoms with van der Waals surface area (Å²) in [6.45, 7) is 1.10. The molecule has 4 nitrogen and oxygen atoms in total. The molecule has 0 aliphatic rings. The molecule has 0 saturated heterocycles. The number of carbonyl (C=O) groups is 2. The summed E-state index contributed by atoms with van der Waals surface area (Å²) in [5.41, 5.74) is -2.44. The van der Waals surface area contributed by atoms with Crippen LogP contribution in [0.3, 0.4) is 0 Å². The van der Waals surface area contributed by atoms with E-state index in [1.807, 2.05) is 5.32 Å². The highest BCUT2D eigenvalue weighted by molar-refractivity contribution is 5.96. The molecule has 1 rings (SSSR count). The number of amides is 1. The van der Waals surface area contributed by atoms with Crippen molar-refractivity contribution >= 4 is 11.9 Å². The van der Waals surface area contributed by atoms with E-state index in [0.29, 0.717) is 6.07 Å². The van der Waals surface area contributed by atoms with Gasteiger partial charge in [-0.15, -0.1) is 0 Å². The van der Waals surface area contributed by atoms with Gasteiger partial charge < -0.3 is 10.4 Å². The Balaban J connectivity index is 3.09. The number of alkyl halides is 3. The summed E-state index contributed by atoms with van der Waals surface area (Å²) in [5.74, 6) is -4.34. The Kier molecular flexibility index (Phi) is 4.13. The molecule has 104 valence electrons. The molecule has 0 fully saturated rings. The van der Waals surface area contributed by atoms with Gasteiger partial charge in [0.15, 0.2) is 0 Å².